The van der Waals surface area contributed by atoms with Gasteiger partial charge in [0.2, 0.25) is 0 Å². The van der Waals surface area contributed by atoms with Crippen LogP contribution in [0, 0.1) is 20.8 Å². The van der Waals surface area contributed by atoms with Crippen molar-refractivity contribution in [3.63, 3.8) is 0 Å². The highest BCUT2D eigenvalue weighted by molar-refractivity contribution is 6.15. The molecule has 22 aromatic rings. The molecule has 0 saturated carbocycles. The molecule has 0 aliphatic heterocycles. The van der Waals surface area contributed by atoms with Gasteiger partial charge >= 0.3 is 0 Å². The molecule has 17 aromatic carbocycles. The molecule has 22 rings (SSSR count). The molecule has 0 atom stereocenters. The minimum absolute atomic E-state index is 0.601. The third-order valence-electron chi connectivity index (χ3n) is 22.5. The molecule has 0 unspecified atom stereocenters. The van der Waals surface area contributed by atoms with E-state index < -0.39 is 0 Å². The highest BCUT2D eigenvalue weighted by Gasteiger charge is 2.21. The van der Waals surface area contributed by atoms with Gasteiger partial charge in [0.1, 0.15) is 0 Å². The minimum atomic E-state index is 0.601. The van der Waals surface area contributed by atoms with Gasteiger partial charge in [0, 0.05) is 73.6 Å². The summed E-state index contributed by atoms with van der Waals surface area (Å²) in [6.07, 6.45) is 3.60. The normalized spacial score (nSPS) is 11.2. The Hall–Kier alpha value is -16.4. The Bertz CT molecular complexity index is 7340. The van der Waals surface area contributed by atoms with Crippen LogP contribution >= 0.6 is 0 Å². The molecule has 0 aliphatic rings. The molecule has 5 aromatic heterocycles. The zero-order valence-corrected chi connectivity index (χ0v) is 67.7. The van der Waals surface area contributed by atoms with Crippen molar-refractivity contribution in [2.45, 2.75) is 20.8 Å². The summed E-state index contributed by atoms with van der Waals surface area (Å²) in [5.41, 5.74) is 20.7. The van der Waals surface area contributed by atoms with Crippen molar-refractivity contribution in [3.8, 4) is 147 Å². The molecular weight excluding hydrogens is 1500 g/mol. The molecule has 0 saturated heterocycles. The quantitative estimate of drug-likeness (QED) is 0.102. The van der Waals surface area contributed by atoms with E-state index in [1.165, 1.54) is 60.1 Å². The summed E-state index contributed by atoms with van der Waals surface area (Å²) in [5, 5.41) is 14.1. The fourth-order valence-corrected chi connectivity index (χ4v) is 15.9. The number of rotatable bonds is 13. The van der Waals surface area contributed by atoms with Crippen molar-refractivity contribution >= 4 is 64.6 Å². The number of nitrogens with zero attached hydrogens (tertiary/aromatic N) is 11. The molecule has 11 heteroatoms. The predicted octanol–water partition coefficient (Wildman–Crippen LogP) is 27.9. The Morgan fingerprint density at radius 3 is 0.756 bits per heavy atom. The Labute approximate surface area is 712 Å². The Morgan fingerprint density at radius 1 is 0.146 bits per heavy atom. The van der Waals surface area contributed by atoms with Gasteiger partial charge in [0.25, 0.3) is 0 Å². The van der Waals surface area contributed by atoms with Crippen LogP contribution in [0.3, 0.4) is 0 Å². The fraction of sp³-hybridized carbons (Fsp3) is 0.0268. The van der Waals surface area contributed by atoms with Gasteiger partial charge in [-0.15, -0.1) is 0 Å². The smallest absolute Gasteiger partial charge is 0.164 e. The van der Waals surface area contributed by atoms with Crippen molar-refractivity contribution in [2.75, 3.05) is 0 Å². The van der Waals surface area contributed by atoms with Crippen molar-refractivity contribution in [2.24, 2.45) is 0 Å². The van der Waals surface area contributed by atoms with Crippen LogP contribution in [0.15, 0.2) is 413 Å². The van der Waals surface area contributed by atoms with Crippen molar-refractivity contribution in [3.05, 3.63) is 429 Å². The van der Waals surface area contributed by atoms with Crippen LogP contribution in [-0.4, -0.2) is 54.8 Å². The van der Waals surface area contributed by atoms with Crippen LogP contribution in [0.2, 0.25) is 0 Å². The zero-order chi connectivity index (χ0) is 82.5. The van der Waals surface area contributed by atoms with Crippen LogP contribution < -0.4 is 0 Å². The lowest BCUT2D eigenvalue weighted by molar-refractivity contribution is 1.07. The van der Waals surface area contributed by atoms with Crippen LogP contribution in [0.25, 0.3) is 212 Å². The lowest BCUT2D eigenvalue weighted by Gasteiger charge is -2.14. The van der Waals surface area contributed by atoms with Gasteiger partial charge in [-0.05, 0) is 168 Å². The van der Waals surface area contributed by atoms with Crippen LogP contribution in [0.1, 0.15) is 16.7 Å². The molecule has 11 nitrogen and oxygen atoms in total. The SMILES string of the molecule is Cc1ccc(-c2ccc(-c3nc(-c4ccc5ccccc5c4)nc(-c4ccc5ccccc5c4)n3)cc2)cc1.Cc1ccc(-c2ccc(-c3nc(-c4cccc(-c5ccccn5)c4)nc(-c4cccc(-c5ccccn5)c4)n3)cc2)cc1.Cc1ccc(-c2nc(-c3cc4ccccc4c4ccccc34)nc(-c3cc4ccccc4c4ccccc34)n2)cc1. The number of fused-ring (bicyclic) bond motifs is 8. The highest BCUT2D eigenvalue weighted by atomic mass is 15.1. The van der Waals surface area contributed by atoms with Gasteiger partial charge in [-0.3, -0.25) is 9.97 Å². The molecule has 0 N–H and O–H groups in total. The number of hydrogen-bond acceptors (Lipinski definition) is 11. The number of aryl methyl sites for hydroxylation is 3. The summed E-state index contributed by atoms with van der Waals surface area (Å²) < 4.78 is 0. The average Bonchev–Trinajstić information content (AvgIpc) is 0.740. The third kappa shape index (κ3) is 16.1. The van der Waals surface area contributed by atoms with Gasteiger partial charge in [-0.1, -0.05) is 356 Å². The number of hydrogen-bond donors (Lipinski definition) is 0. The molecule has 123 heavy (non-hydrogen) atoms. The first kappa shape index (κ1) is 75.4. The molecule has 0 bridgehead atoms. The maximum absolute atomic E-state index is 5.21. The summed E-state index contributed by atoms with van der Waals surface area (Å²) >= 11 is 0. The Morgan fingerprint density at radius 2 is 0.398 bits per heavy atom. The molecule has 0 radical (unpaired) electrons. The van der Waals surface area contributed by atoms with Crippen molar-refractivity contribution in [1.82, 2.24) is 54.8 Å². The molecule has 0 amide bonds. The third-order valence-corrected chi connectivity index (χ3v) is 22.5. The zero-order valence-electron chi connectivity index (χ0n) is 67.7. The molecule has 0 aliphatic carbocycles. The monoisotopic (exact) mass is 1580 g/mol. The predicted molar refractivity (Wildman–Crippen MR) is 505 cm³/mol. The van der Waals surface area contributed by atoms with Gasteiger partial charge in [0.05, 0.1) is 11.4 Å². The minimum Gasteiger partial charge on any atom is -0.256 e. The maximum Gasteiger partial charge on any atom is 0.164 e. The van der Waals surface area contributed by atoms with Gasteiger partial charge < -0.3 is 0 Å². The van der Waals surface area contributed by atoms with E-state index in [4.69, 9.17) is 44.9 Å². The molecule has 0 spiro atoms. The topological polar surface area (TPSA) is 142 Å². The van der Waals surface area contributed by atoms with Crippen LogP contribution in [-0.2, 0) is 0 Å². The molecular formula is C112H77N11. The molecule has 0 fully saturated rings. The van der Waals surface area contributed by atoms with E-state index in [2.05, 4.69) is 370 Å². The van der Waals surface area contributed by atoms with E-state index in [0.717, 1.165) is 116 Å². The first-order valence-electron chi connectivity index (χ1n) is 41.2. The lowest BCUT2D eigenvalue weighted by Crippen LogP contribution is -2.01. The van der Waals surface area contributed by atoms with Gasteiger partial charge in [0.15, 0.2) is 52.4 Å². The second kappa shape index (κ2) is 33.6. The first-order chi connectivity index (χ1) is 60.6. The number of aromatic nitrogens is 11. The van der Waals surface area contributed by atoms with Crippen LogP contribution in [0.4, 0.5) is 0 Å². The summed E-state index contributed by atoms with van der Waals surface area (Å²) in [7, 11) is 0. The highest BCUT2D eigenvalue weighted by Crippen LogP contribution is 2.40. The number of benzene rings is 17. The lowest BCUT2D eigenvalue weighted by atomic mass is 9.96. The van der Waals surface area contributed by atoms with E-state index in [-0.39, 0.29) is 0 Å². The second-order valence-electron chi connectivity index (χ2n) is 30.8. The van der Waals surface area contributed by atoms with Crippen molar-refractivity contribution in [1.29, 1.82) is 0 Å². The fourth-order valence-electron chi connectivity index (χ4n) is 15.9. The first-order valence-corrected chi connectivity index (χ1v) is 41.2. The second-order valence-corrected chi connectivity index (χ2v) is 30.8. The summed E-state index contributed by atoms with van der Waals surface area (Å²) in [4.78, 5) is 54.3. The average molecular weight is 1580 g/mol. The Balaban J connectivity index is 0.000000117. The summed E-state index contributed by atoms with van der Waals surface area (Å²) in [6.45, 7) is 6.30. The van der Waals surface area contributed by atoms with E-state index >= 15 is 0 Å². The largest absolute Gasteiger partial charge is 0.256 e. The molecule has 5 heterocycles. The van der Waals surface area contributed by atoms with E-state index in [1.54, 1.807) is 12.4 Å². The summed E-state index contributed by atoms with van der Waals surface area (Å²) in [6, 6.07) is 138. The maximum atomic E-state index is 5.21. The van der Waals surface area contributed by atoms with E-state index in [0.29, 0.717) is 52.4 Å². The molecule has 580 valence electrons. The number of pyridine rings is 2. The standard InChI is InChI=1S/C38H27N5.C38H25N3.C36H25N3/c1-26-14-16-27(17-15-26)28-18-20-29(21-19-28)36-41-37(32-10-6-8-30(24-32)34-12-2-4-22-39-34)43-38(42-36)33-11-7-9-31(25-33)35-13-3-5-23-40-35;1-24-18-20-25(21-19-24)36-39-37(34-22-26-10-2-4-12-28(26)30-14-6-8-16-32(30)34)41-38(40-36)35-23-27-11-3-5-13-29(27)31-15-7-9-17-33(31)35;1-24-10-12-27(13-11-24)28-14-18-29(19-15-28)34-37-35(32-20-16-25-6-2-4-8-30(25)22-32)39-36(38-34)33-21-17-26-7-3-5-9-31(26)23-33/h2-25H,1H3;2-23H,1H3;2-23H,1H3. The van der Waals surface area contributed by atoms with E-state index in [9.17, 15) is 0 Å². The van der Waals surface area contributed by atoms with Crippen molar-refractivity contribution < 1.29 is 0 Å². The summed E-state index contributed by atoms with van der Waals surface area (Å²) in [5.74, 6) is 5.81. The van der Waals surface area contributed by atoms with E-state index in [1.807, 2.05) is 60.7 Å². The van der Waals surface area contributed by atoms with Gasteiger partial charge in [-0.2, -0.15) is 0 Å². The van der Waals surface area contributed by atoms with Crippen LogP contribution in [0.5, 0.6) is 0 Å². The van der Waals surface area contributed by atoms with Gasteiger partial charge in [-0.25, -0.2) is 44.9 Å². The Kier molecular flexibility index (Phi) is 20.6.